The lowest BCUT2D eigenvalue weighted by Gasteiger charge is -2.09. The van der Waals surface area contributed by atoms with E-state index in [9.17, 15) is 0 Å². The van der Waals surface area contributed by atoms with Gasteiger partial charge in [0.1, 0.15) is 17.5 Å². The normalized spacial score (nSPS) is 14.6. The van der Waals surface area contributed by atoms with Gasteiger partial charge >= 0.3 is 0 Å². The van der Waals surface area contributed by atoms with Crippen LogP contribution in [0.15, 0.2) is 6.07 Å². The Bertz CT molecular complexity index is 379. The predicted molar refractivity (Wildman–Crippen MR) is 73.0 cm³/mol. The molecule has 5 heteroatoms. The third-order valence-corrected chi connectivity index (χ3v) is 3.08. The summed E-state index contributed by atoms with van der Waals surface area (Å²) < 4.78 is 0. The molecular formula is C13H22N4O. The van der Waals surface area contributed by atoms with Gasteiger partial charge in [-0.05, 0) is 32.1 Å². The average molecular weight is 250 g/mol. The highest BCUT2D eigenvalue weighted by Crippen LogP contribution is 2.38. The zero-order valence-electron chi connectivity index (χ0n) is 10.9. The van der Waals surface area contributed by atoms with Gasteiger partial charge in [0, 0.05) is 32.2 Å². The summed E-state index contributed by atoms with van der Waals surface area (Å²) in [6, 6.07) is 1.94. The zero-order valence-corrected chi connectivity index (χ0v) is 10.9. The Balaban J connectivity index is 1.88. The lowest BCUT2D eigenvalue weighted by Crippen LogP contribution is -2.07. The topological polar surface area (TPSA) is 70.1 Å². The molecule has 0 saturated heterocycles. The molecule has 5 nitrogen and oxygen atoms in total. The lowest BCUT2D eigenvalue weighted by atomic mass is 10.2. The summed E-state index contributed by atoms with van der Waals surface area (Å²) in [5, 5.41) is 15.1. The second kappa shape index (κ2) is 6.54. The smallest absolute Gasteiger partial charge is 0.136 e. The van der Waals surface area contributed by atoms with E-state index in [0.717, 1.165) is 43.3 Å². The Labute approximate surface area is 108 Å². The summed E-state index contributed by atoms with van der Waals surface area (Å²) in [7, 11) is 1.88. The van der Waals surface area contributed by atoms with Gasteiger partial charge in [0.15, 0.2) is 0 Å². The molecule has 3 N–H and O–H groups in total. The number of anilines is 2. The van der Waals surface area contributed by atoms with Crippen LogP contribution in [-0.2, 0) is 0 Å². The van der Waals surface area contributed by atoms with Crippen molar-refractivity contribution in [2.24, 2.45) is 0 Å². The van der Waals surface area contributed by atoms with Gasteiger partial charge in [-0.3, -0.25) is 0 Å². The molecule has 18 heavy (non-hydrogen) atoms. The van der Waals surface area contributed by atoms with Crippen molar-refractivity contribution in [3.63, 3.8) is 0 Å². The van der Waals surface area contributed by atoms with Crippen LogP contribution in [0.1, 0.15) is 43.8 Å². The van der Waals surface area contributed by atoms with Gasteiger partial charge in [0.2, 0.25) is 0 Å². The summed E-state index contributed by atoms with van der Waals surface area (Å²) in [6.07, 6.45) is 5.40. The van der Waals surface area contributed by atoms with Crippen LogP contribution in [0.3, 0.4) is 0 Å². The van der Waals surface area contributed by atoms with Crippen LogP contribution in [0, 0.1) is 0 Å². The van der Waals surface area contributed by atoms with Crippen LogP contribution in [0.2, 0.25) is 0 Å². The molecule has 100 valence electrons. The van der Waals surface area contributed by atoms with Crippen LogP contribution in [-0.4, -0.2) is 35.3 Å². The molecule has 0 aliphatic heterocycles. The number of hydrogen-bond donors (Lipinski definition) is 3. The second-order valence-corrected chi connectivity index (χ2v) is 4.73. The molecule has 1 heterocycles. The number of aromatic nitrogens is 2. The first-order chi connectivity index (χ1) is 8.83. The first kappa shape index (κ1) is 13.1. The van der Waals surface area contributed by atoms with Gasteiger partial charge in [-0.1, -0.05) is 0 Å². The molecular weight excluding hydrogens is 228 g/mol. The number of nitrogens with one attached hydrogen (secondary N) is 2. The molecule has 1 aromatic rings. The highest BCUT2D eigenvalue weighted by Gasteiger charge is 2.27. The van der Waals surface area contributed by atoms with Gasteiger partial charge in [0.05, 0.1) is 0 Å². The molecule has 0 radical (unpaired) electrons. The molecule has 1 saturated carbocycles. The number of hydrogen-bond acceptors (Lipinski definition) is 5. The van der Waals surface area contributed by atoms with E-state index in [2.05, 4.69) is 20.6 Å². The van der Waals surface area contributed by atoms with Gasteiger partial charge in [-0.15, -0.1) is 0 Å². The minimum Gasteiger partial charge on any atom is -0.396 e. The fraction of sp³-hybridized carbons (Fsp3) is 0.692. The number of aliphatic hydroxyl groups is 1. The first-order valence-electron chi connectivity index (χ1n) is 6.75. The largest absolute Gasteiger partial charge is 0.396 e. The van der Waals surface area contributed by atoms with Crippen molar-refractivity contribution in [2.75, 3.05) is 30.8 Å². The number of aliphatic hydroxyl groups excluding tert-OH is 1. The van der Waals surface area contributed by atoms with Crippen LogP contribution in [0.5, 0.6) is 0 Å². The predicted octanol–water partition coefficient (Wildman–Crippen LogP) is 1.97. The summed E-state index contributed by atoms with van der Waals surface area (Å²) in [6.45, 7) is 1.17. The van der Waals surface area contributed by atoms with E-state index >= 15 is 0 Å². The Morgan fingerprint density at radius 3 is 2.67 bits per heavy atom. The van der Waals surface area contributed by atoms with E-state index in [-0.39, 0.29) is 6.61 Å². The van der Waals surface area contributed by atoms with Crippen molar-refractivity contribution in [1.29, 1.82) is 0 Å². The SMILES string of the molecule is CNc1cc(NCCCCCO)nc(C2CC2)n1. The van der Waals surface area contributed by atoms with E-state index in [1.807, 2.05) is 13.1 Å². The fourth-order valence-corrected chi connectivity index (χ4v) is 1.84. The maximum absolute atomic E-state index is 8.71. The van der Waals surface area contributed by atoms with Crippen molar-refractivity contribution in [2.45, 2.75) is 38.0 Å². The molecule has 1 aromatic heterocycles. The summed E-state index contributed by atoms with van der Waals surface area (Å²) in [5.41, 5.74) is 0. The van der Waals surface area contributed by atoms with E-state index in [1.165, 1.54) is 12.8 Å². The number of rotatable bonds is 8. The maximum Gasteiger partial charge on any atom is 0.136 e. The molecule has 1 aliphatic carbocycles. The fourth-order valence-electron chi connectivity index (χ4n) is 1.84. The Kier molecular flexibility index (Phi) is 4.75. The third-order valence-electron chi connectivity index (χ3n) is 3.08. The molecule has 0 unspecified atom stereocenters. The average Bonchev–Trinajstić information content (AvgIpc) is 3.22. The Hall–Kier alpha value is -1.36. The third kappa shape index (κ3) is 3.84. The van der Waals surface area contributed by atoms with Gasteiger partial charge < -0.3 is 15.7 Å². The molecule has 0 atom stereocenters. The van der Waals surface area contributed by atoms with E-state index in [4.69, 9.17) is 5.11 Å². The van der Waals surface area contributed by atoms with E-state index in [1.54, 1.807) is 0 Å². The van der Waals surface area contributed by atoms with Crippen LogP contribution >= 0.6 is 0 Å². The molecule has 0 aromatic carbocycles. The second-order valence-electron chi connectivity index (χ2n) is 4.73. The highest BCUT2D eigenvalue weighted by molar-refractivity contribution is 5.47. The minimum absolute atomic E-state index is 0.281. The standard InChI is InChI=1S/C13H22N4O/c1-14-11-9-12(15-7-3-2-4-8-18)17-13(16-11)10-5-6-10/h9-10,18H,2-8H2,1H3,(H2,14,15,16,17). The highest BCUT2D eigenvalue weighted by atomic mass is 16.2. The Morgan fingerprint density at radius 2 is 2.00 bits per heavy atom. The van der Waals surface area contributed by atoms with Crippen molar-refractivity contribution >= 4 is 11.6 Å². The van der Waals surface area contributed by atoms with Gasteiger partial charge in [0.25, 0.3) is 0 Å². The molecule has 0 bridgehead atoms. The molecule has 0 amide bonds. The molecule has 2 rings (SSSR count). The first-order valence-corrected chi connectivity index (χ1v) is 6.75. The van der Waals surface area contributed by atoms with E-state index in [0.29, 0.717) is 5.92 Å². The molecule has 1 aliphatic rings. The van der Waals surface area contributed by atoms with Crippen LogP contribution in [0.25, 0.3) is 0 Å². The van der Waals surface area contributed by atoms with Crippen molar-refractivity contribution < 1.29 is 5.11 Å². The molecule has 1 fully saturated rings. The monoisotopic (exact) mass is 250 g/mol. The van der Waals surface area contributed by atoms with Crippen molar-refractivity contribution in [3.8, 4) is 0 Å². The van der Waals surface area contributed by atoms with Crippen molar-refractivity contribution in [3.05, 3.63) is 11.9 Å². The number of nitrogens with zero attached hydrogens (tertiary/aromatic N) is 2. The zero-order chi connectivity index (χ0) is 12.8. The van der Waals surface area contributed by atoms with Crippen LogP contribution < -0.4 is 10.6 Å². The summed E-state index contributed by atoms with van der Waals surface area (Å²) in [5.74, 6) is 3.30. The molecule has 0 spiro atoms. The summed E-state index contributed by atoms with van der Waals surface area (Å²) in [4.78, 5) is 9.03. The summed E-state index contributed by atoms with van der Waals surface area (Å²) >= 11 is 0. The Morgan fingerprint density at radius 1 is 1.22 bits per heavy atom. The van der Waals surface area contributed by atoms with E-state index < -0.39 is 0 Å². The van der Waals surface area contributed by atoms with Gasteiger partial charge in [-0.25, -0.2) is 9.97 Å². The maximum atomic E-state index is 8.71. The van der Waals surface area contributed by atoms with Crippen molar-refractivity contribution in [1.82, 2.24) is 9.97 Å². The number of unbranched alkanes of at least 4 members (excludes halogenated alkanes) is 2. The van der Waals surface area contributed by atoms with Crippen LogP contribution in [0.4, 0.5) is 11.6 Å². The quantitative estimate of drug-likeness (QED) is 0.615. The van der Waals surface area contributed by atoms with Gasteiger partial charge in [-0.2, -0.15) is 0 Å². The minimum atomic E-state index is 0.281. The lowest BCUT2D eigenvalue weighted by molar-refractivity contribution is 0.283.